The van der Waals surface area contributed by atoms with Crippen LogP contribution in [0.15, 0.2) is 15.2 Å². The number of rotatable bonds is 7. The molecule has 0 saturated carbocycles. The van der Waals surface area contributed by atoms with Gasteiger partial charge in [-0.2, -0.15) is 0 Å². The van der Waals surface area contributed by atoms with Gasteiger partial charge in [0.1, 0.15) is 0 Å². The lowest BCUT2D eigenvalue weighted by Crippen LogP contribution is -2.23. The number of likely N-dealkylation sites (N-methyl/N-ethyl adjacent to an activating group) is 1. The highest BCUT2D eigenvalue weighted by atomic mass is 79.9. The van der Waals surface area contributed by atoms with Crippen molar-refractivity contribution in [3.05, 3.63) is 20.8 Å². The fourth-order valence-electron chi connectivity index (χ4n) is 1.23. The first-order valence-electron chi connectivity index (χ1n) is 4.91. The van der Waals surface area contributed by atoms with Crippen LogP contribution in [0.4, 0.5) is 0 Å². The molecule has 0 unspecified atom stereocenters. The van der Waals surface area contributed by atoms with Gasteiger partial charge in [-0.25, -0.2) is 0 Å². The molecule has 0 atom stereocenters. The van der Waals surface area contributed by atoms with E-state index in [0.717, 1.165) is 19.7 Å². The Labute approximate surface area is 103 Å². The van der Waals surface area contributed by atoms with Gasteiger partial charge in [0.15, 0.2) is 0 Å². The highest BCUT2D eigenvalue weighted by Crippen LogP contribution is 2.21. The van der Waals surface area contributed by atoms with Gasteiger partial charge in [0.05, 0.1) is 17.0 Å². The van der Waals surface area contributed by atoms with Crippen molar-refractivity contribution in [1.82, 2.24) is 4.90 Å². The first-order chi connectivity index (χ1) is 7.22. The lowest BCUT2D eigenvalue weighted by Gasteiger charge is -2.15. The van der Waals surface area contributed by atoms with E-state index >= 15 is 0 Å². The summed E-state index contributed by atoms with van der Waals surface area (Å²) < 4.78 is 6.51. The Morgan fingerprint density at radius 2 is 2.33 bits per heavy atom. The van der Waals surface area contributed by atoms with Crippen molar-refractivity contribution in [3.63, 3.8) is 0 Å². The number of hydrogen-bond donors (Lipinski definition) is 1. The van der Waals surface area contributed by atoms with Gasteiger partial charge in [-0.05, 0) is 40.0 Å². The van der Waals surface area contributed by atoms with E-state index in [1.165, 1.54) is 9.35 Å². The molecule has 5 heteroatoms. The fourth-order valence-corrected chi connectivity index (χ4v) is 2.43. The predicted octanol–water partition coefficient (Wildman–Crippen LogP) is 1.92. The first-order valence-corrected chi connectivity index (χ1v) is 6.59. The van der Waals surface area contributed by atoms with E-state index in [1.807, 2.05) is 0 Å². The smallest absolute Gasteiger partial charge is 0.0701 e. The van der Waals surface area contributed by atoms with Gasteiger partial charge in [0, 0.05) is 19.6 Å². The Balaban J connectivity index is 2.15. The van der Waals surface area contributed by atoms with E-state index < -0.39 is 0 Å². The molecule has 1 aromatic rings. The standard InChI is InChI=1S/C10H17BrN2OS/c1-13(3-5-14-4-2-12)7-9-6-10(11)15-8-9/h6,8H,2-5,7,12H2,1H3. The van der Waals surface area contributed by atoms with Crippen LogP contribution in [0.3, 0.4) is 0 Å². The maximum absolute atomic E-state index is 5.33. The van der Waals surface area contributed by atoms with Crippen molar-refractivity contribution in [3.8, 4) is 0 Å². The minimum Gasteiger partial charge on any atom is -0.379 e. The summed E-state index contributed by atoms with van der Waals surface area (Å²) >= 11 is 5.18. The van der Waals surface area contributed by atoms with Crippen molar-refractivity contribution in [1.29, 1.82) is 0 Å². The van der Waals surface area contributed by atoms with Crippen LogP contribution in [0.5, 0.6) is 0 Å². The molecule has 0 aliphatic carbocycles. The summed E-state index contributed by atoms with van der Waals surface area (Å²) in [6.45, 7) is 3.90. The van der Waals surface area contributed by atoms with E-state index in [0.29, 0.717) is 13.2 Å². The van der Waals surface area contributed by atoms with E-state index in [9.17, 15) is 0 Å². The van der Waals surface area contributed by atoms with Gasteiger partial charge in [0.2, 0.25) is 0 Å². The summed E-state index contributed by atoms with van der Waals surface area (Å²) in [4.78, 5) is 2.24. The zero-order valence-electron chi connectivity index (χ0n) is 8.91. The fraction of sp³-hybridized carbons (Fsp3) is 0.600. The average molecular weight is 293 g/mol. The topological polar surface area (TPSA) is 38.5 Å². The molecule has 0 aliphatic rings. The van der Waals surface area contributed by atoms with Crippen LogP contribution in [0.2, 0.25) is 0 Å². The van der Waals surface area contributed by atoms with Gasteiger partial charge in [-0.15, -0.1) is 11.3 Å². The van der Waals surface area contributed by atoms with Gasteiger partial charge in [-0.3, -0.25) is 4.90 Å². The van der Waals surface area contributed by atoms with E-state index in [1.54, 1.807) is 11.3 Å². The molecule has 0 amide bonds. The van der Waals surface area contributed by atoms with Crippen LogP contribution < -0.4 is 5.73 Å². The van der Waals surface area contributed by atoms with Crippen LogP contribution in [-0.2, 0) is 11.3 Å². The third kappa shape index (κ3) is 5.63. The normalized spacial score (nSPS) is 11.2. The summed E-state index contributed by atoms with van der Waals surface area (Å²) in [7, 11) is 2.09. The summed E-state index contributed by atoms with van der Waals surface area (Å²) in [6.07, 6.45) is 0. The molecule has 2 N–H and O–H groups in total. The van der Waals surface area contributed by atoms with Crippen molar-refractivity contribution in [2.24, 2.45) is 5.73 Å². The monoisotopic (exact) mass is 292 g/mol. The molecule has 1 aromatic heterocycles. The zero-order chi connectivity index (χ0) is 11.1. The third-order valence-corrected chi connectivity index (χ3v) is 3.51. The molecule has 15 heavy (non-hydrogen) atoms. The molecular formula is C10H17BrN2OS. The maximum atomic E-state index is 5.33. The average Bonchev–Trinajstić information content (AvgIpc) is 2.59. The second-order valence-corrected chi connectivity index (χ2v) is 5.69. The summed E-state index contributed by atoms with van der Waals surface area (Å²) in [5, 5.41) is 2.17. The van der Waals surface area contributed by atoms with E-state index in [4.69, 9.17) is 10.5 Å². The highest BCUT2D eigenvalue weighted by Gasteiger charge is 2.02. The minimum absolute atomic E-state index is 0.598. The molecule has 0 fully saturated rings. The van der Waals surface area contributed by atoms with Crippen molar-refractivity contribution in [2.75, 3.05) is 33.4 Å². The lowest BCUT2D eigenvalue weighted by molar-refractivity contribution is 0.116. The Morgan fingerprint density at radius 1 is 1.53 bits per heavy atom. The summed E-state index contributed by atoms with van der Waals surface area (Å²) in [5.41, 5.74) is 6.67. The first kappa shape index (κ1) is 13.1. The quantitative estimate of drug-likeness (QED) is 0.781. The molecule has 86 valence electrons. The van der Waals surface area contributed by atoms with Crippen molar-refractivity contribution < 1.29 is 4.74 Å². The highest BCUT2D eigenvalue weighted by molar-refractivity contribution is 9.11. The van der Waals surface area contributed by atoms with Crippen LogP contribution in [0.25, 0.3) is 0 Å². The molecule has 0 spiro atoms. The van der Waals surface area contributed by atoms with E-state index in [2.05, 4.69) is 39.3 Å². The SMILES string of the molecule is CN(CCOCCN)Cc1csc(Br)c1. The molecule has 3 nitrogen and oxygen atoms in total. The maximum Gasteiger partial charge on any atom is 0.0701 e. The number of ether oxygens (including phenoxy) is 1. The Kier molecular flexibility index (Phi) is 6.43. The predicted molar refractivity (Wildman–Crippen MR) is 68.2 cm³/mol. The van der Waals surface area contributed by atoms with Crippen LogP contribution >= 0.6 is 27.3 Å². The van der Waals surface area contributed by atoms with Crippen LogP contribution in [0.1, 0.15) is 5.56 Å². The number of halogens is 1. The van der Waals surface area contributed by atoms with Gasteiger partial charge >= 0.3 is 0 Å². The van der Waals surface area contributed by atoms with Crippen LogP contribution in [-0.4, -0.2) is 38.3 Å². The minimum atomic E-state index is 0.598. The Bertz CT molecular complexity index is 280. The summed E-state index contributed by atoms with van der Waals surface area (Å²) in [5.74, 6) is 0. The van der Waals surface area contributed by atoms with Crippen molar-refractivity contribution in [2.45, 2.75) is 6.54 Å². The molecular weight excluding hydrogens is 276 g/mol. The molecule has 1 rings (SSSR count). The van der Waals surface area contributed by atoms with Crippen LogP contribution in [0, 0.1) is 0 Å². The zero-order valence-corrected chi connectivity index (χ0v) is 11.3. The molecule has 0 bridgehead atoms. The van der Waals surface area contributed by atoms with Crippen molar-refractivity contribution >= 4 is 27.3 Å². The lowest BCUT2D eigenvalue weighted by atomic mass is 10.3. The number of hydrogen-bond acceptors (Lipinski definition) is 4. The third-order valence-electron chi connectivity index (χ3n) is 1.95. The van der Waals surface area contributed by atoms with Gasteiger partial charge in [-0.1, -0.05) is 0 Å². The second-order valence-electron chi connectivity index (χ2n) is 3.40. The molecule has 0 aliphatic heterocycles. The molecule has 1 heterocycles. The summed E-state index contributed by atoms with van der Waals surface area (Å²) in [6, 6.07) is 2.15. The largest absolute Gasteiger partial charge is 0.379 e. The van der Waals surface area contributed by atoms with Gasteiger partial charge < -0.3 is 10.5 Å². The Morgan fingerprint density at radius 3 is 2.93 bits per heavy atom. The second kappa shape index (κ2) is 7.35. The Hall–Kier alpha value is 0.0600. The number of nitrogens with zero attached hydrogens (tertiary/aromatic N) is 1. The van der Waals surface area contributed by atoms with Gasteiger partial charge in [0.25, 0.3) is 0 Å². The molecule has 0 aromatic carbocycles. The number of nitrogens with two attached hydrogens (primary N) is 1. The van der Waals surface area contributed by atoms with E-state index in [-0.39, 0.29) is 0 Å². The molecule has 0 saturated heterocycles. The molecule has 0 radical (unpaired) electrons. The number of thiophene rings is 1.